The normalized spacial score (nSPS) is 22.4. The van der Waals surface area contributed by atoms with Crippen molar-refractivity contribution in [1.82, 2.24) is 4.98 Å². The Hall–Kier alpha value is -1.33. The number of carbonyl (C=O) groups is 1. The molecule has 1 aliphatic heterocycles. The summed E-state index contributed by atoms with van der Waals surface area (Å²) in [5.41, 5.74) is 1.10. The first-order valence-electron chi connectivity index (χ1n) is 5.65. The topological polar surface area (TPSA) is 49.9 Å². The minimum absolute atomic E-state index is 0.0175. The summed E-state index contributed by atoms with van der Waals surface area (Å²) in [6, 6.07) is 9.93. The first-order valence-corrected chi connectivity index (χ1v) is 7.46. The summed E-state index contributed by atoms with van der Waals surface area (Å²) in [5.74, 6) is 0.683. The average Bonchev–Trinajstić information content (AvgIpc) is 2.78. The van der Waals surface area contributed by atoms with Crippen molar-refractivity contribution in [3.63, 3.8) is 0 Å². The van der Waals surface area contributed by atoms with E-state index in [-0.39, 0.29) is 16.7 Å². The molecule has 5 heteroatoms. The zero-order valence-electron chi connectivity index (χ0n) is 9.46. The molecule has 0 bridgehead atoms. The molecule has 0 radical (unpaired) electrons. The molecule has 1 aromatic carbocycles. The van der Waals surface area contributed by atoms with Crippen LogP contribution in [0.3, 0.4) is 0 Å². The number of thioether (sulfide) groups is 1. The second kappa shape index (κ2) is 4.74. The van der Waals surface area contributed by atoms with E-state index in [1.807, 2.05) is 30.3 Å². The number of nitrogens with one attached hydrogen (secondary N) is 1. The van der Waals surface area contributed by atoms with Gasteiger partial charge in [-0.15, -0.1) is 11.8 Å². The largest absolute Gasteiger partial charge is 0.307 e. The van der Waals surface area contributed by atoms with Gasteiger partial charge in [-0.2, -0.15) is 0 Å². The minimum atomic E-state index is -0.0589. The van der Waals surface area contributed by atoms with E-state index >= 15 is 0 Å². The number of hydrogen-bond donors (Lipinski definition) is 1. The maximum absolute atomic E-state index is 11.5. The molecule has 2 aromatic rings. The van der Waals surface area contributed by atoms with Crippen molar-refractivity contribution >= 4 is 29.4 Å². The zero-order chi connectivity index (χ0) is 12.5. The van der Waals surface area contributed by atoms with Crippen molar-refractivity contribution in [3.8, 4) is 0 Å². The first-order chi connectivity index (χ1) is 8.79. The fourth-order valence-electron chi connectivity index (χ4n) is 2.28. The summed E-state index contributed by atoms with van der Waals surface area (Å²) >= 11 is 2.79. The Morgan fingerprint density at radius 3 is 2.78 bits per heavy atom. The van der Waals surface area contributed by atoms with E-state index in [2.05, 4.69) is 4.98 Å². The number of aromatic amines is 1. The lowest BCUT2D eigenvalue weighted by molar-refractivity contribution is -0.110. The van der Waals surface area contributed by atoms with Crippen molar-refractivity contribution in [1.29, 1.82) is 0 Å². The molecular formula is C13H11NO2S2. The lowest BCUT2D eigenvalue weighted by Crippen LogP contribution is -2.21. The minimum Gasteiger partial charge on any atom is -0.307 e. The zero-order valence-corrected chi connectivity index (χ0v) is 11.1. The maximum Gasteiger partial charge on any atom is 0.305 e. The molecule has 2 atom stereocenters. The third kappa shape index (κ3) is 1.93. The van der Waals surface area contributed by atoms with Crippen molar-refractivity contribution in [2.24, 2.45) is 5.92 Å². The summed E-state index contributed by atoms with van der Waals surface area (Å²) in [6.45, 7) is 0. The number of hydrogen-bond acceptors (Lipinski definition) is 4. The highest BCUT2D eigenvalue weighted by molar-refractivity contribution is 7.99. The van der Waals surface area contributed by atoms with E-state index in [0.717, 1.165) is 27.5 Å². The monoisotopic (exact) mass is 277 g/mol. The van der Waals surface area contributed by atoms with Gasteiger partial charge in [-0.05, 0) is 5.56 Å². The highest BCUT2D eigenvalue weighted by atomic mass is 32.2. The number of rotatable bonds is 2. The molecule has 0 amide bonds. The van der Waals surface area contributed by atoms with Crippen LogP contribution in [0.1, 0.15) is 16.4 Å². The molecule has 0 aliphatic carbocycles. The van der Waals surface area contributed by atoms with Crippen LogP contribution in [0.2, 0.25) is 0 Å². The maximum atomic E-state index is 11.5. The van der Waals surface area contributed by atoms with E-state index in [1.165, 1.54) is 11.3 Å². The summed E-state index contributed by atoms with van der Waals surface area (Å²) < 4.78 is 0. The van der Waals surface area contributed by atoms with Gasteiger partial charge in [0.05, 0.1) is 5.03 Å². The number of carbonyl (C=O) groups excluding carboxylic acids is 1. The van der Waals surface area contributed by atoms with Crippen LogP contribution >= 0.6 is 23.1 Å². The van der Waals surface area contributed by atoms with Crippen LogP contribution in [-0.2, 0) is 4.79 Å². The molecule has 0 fully saturated rings. The lowest BCUT2D eigenvalue weighted by Gasteiger charge is -2.27. The van der Waals surface area contributed by atoms with Crippen LogP contribution in [0.5, 0.6) is 0 Å². The van der Waals surface area contributed by atoms with E-state index in [0.29, 0.717) is 0 Å². The Morgan fingerprint density at radius 2 is 2.06 bits per heavy atom. The van der Waals surface area contributed by atoms with Gasteiger partial charge in [0.1, 0.15) is 6.29 Å². The lowest BCUT2D eigenvalue weighted by atomic mass is 9.87. The molecule has 3 rings (SSSR count). The van der Waals surface area contributed by atoms with Gasteiger partial charge in [-0.3, -0.25) is 4.79 Å². The second-order valence-electron chi connectivity index (χ2n) is 4.21. The van der Waals surface area contributed by atoms with Gasteiger partial charge in [-0.1, -0.05) is 41.7 Å². The van der Waals surface area contributed by atoms with Gasteiger partial charge < -0.3 is 9.78 Å². The molecule has 0 saturated carbocycles. The number of benzene rings is 1. The van der Waals surface area contributed by atoms with Crippen LogP contribution in [0.4, 0.5) is 0 Å². The molecule has 2 heterocycles. The van der Waals surface area contributed by atoms with Gasteiger partial charge in [0, 0.05) is 22.5 Å². The molecule has 1 N–H and O–H groups in total. The van der Waals surface area contributed by atoms with E-state index in [9.17, 15) is 9.59 Å². The molecular weight excluding hydrogens is 266 g/mol. The third-order valence-electron chi connectivity index (χ3n) is 3.11. The fourth-order valence-corrected chi connectivity index (χ4v) is 4.65. The molecule has 0 spiro atoms. The number of thiazole rings is 1. The molecule has 3 nitrogen and oxygen atoms in total. The fraction of sp³-hybridized carbons (Fsp3) is 0.231. The second-order valence-corrected chi connectivity index (χ2v) is 6.25. The Kier molecular flexibility index (Phi) is 3.09. The SMILES string of the molecule is O=C[C@H]1CSc2[nH]c(=O)sc2[C@H]1c1ccccc1. The summed E-state index contributed by atoms with van der Waals surface area (Å²) in [7, 11) is 0. The standard InChI is InChI=1S/C13H11NO2S2/c15-6-9-7-17-12-11(18-13(16)14-12)10(9)8-4-2-1-3-5-8/h1-6,9-10H,7H2,(H,14,16)/t9-,10-/m0/s1. The number of H-pyrrole nitrogens is 1. The highest BCUT2D eigenvalue weighted by Crippen LogP contribution is 2.44. The van der Waals surface area contributed by atoms with E-state index < -0.39 is 0 Å². The molecule has 0 unspecified atom stereocenters. The Morgan fingerprint density at radius 1 is 1.28 bits per heavy atom. The highest BCUT2D eigenvalue weighted by Gasteiger charge is 2.33. The number of fused-ring (bicyclic) bond motifs is 1. The van der Waals surface area contributed by atoms with Gasteiger partial charge in [0.15, 0.2) is 0 Å². The summed E-state index contributed by atoms with van der Waals surface area (Å²) in [5, 5.41) is 0.928. The number of aldehydes is 1. The smallest absolute Gasteiger partial charge is 0.305 e. The van der Waals surface area contributed by atoms with Gasteiger partial charge in [0.2, 0.25) is 0 Å². The predicted molar refractivity (Wildman–Crippen MR) is 73.5 cm³/mol. The molecule has 92 valence electrons. The van der Waals surface area contributed by atoms with E-state index in [4.69, 9.17) is 0 Å². The van der Waals surface area contributed by atoms with Crippen molar-refractivity contribution in [2.75, 3.05) is 5.75 Å². The quantitative estimate of drug-likeness (QED) is 0.858. The average molecular weight is 277 g/mol. The van der Waals surface area contributed by atoms with Crippen LogP contribution in [-0.4, -0.2) is 17.0 Å². The predicted octanol–water partition coefficient (Wildman–Crippen LogP) is 2.49. The van der Waals surface area contributed by atoms with Gasteiger partial charge >= 0.3 is 4.87 Å². The van der Waals surface area contributed by atoms with Crippen LogP contribution < -0.4 is 4.87 Å². The first kappa shape index (κ1) is 11.7. The van der Waals surface area contributed by atoms with Crippen LogP contribution in [0.15, 0.2) is 40.2 Å². The summed E-state index contributed by atoms with van der Waals surface area (Å²) in [4.78, 5) is 26.6. The molecule has 1 aliphatic rings. The van der Waals surface area contributed by atoms with Crippen molar-refractivity contribution in [3.05, 3.63) is 50.4 Å². The molecule has 1 aromatic heterocycles. The Labute approximate surface area is 112 Å². The molecule has 0 saturated heterocycles. The van der Waals surface area contributed by atoms with Crippen molar-refractivity contribution in [2.45, 2.75) is 10.9 Å². The number of aromatic nitrogens is 1. The summed E-state index contributed by atoms with van der Waals surface area (Å²) in [6.07, 6.45) is 1.01. The third-order valence-corrected chi connectivity index (χ3v) is 5.36. The van der Waals surface area contributed by atoms with Crippen molar-refractivity contribution < 1.29 is 4.79 Å². The van der Waals surface area contributed by atoms with Crippen LogP contribution in [0, 0.1) is 5.92 Å². The molecule has 18 heavy (non-hydrogen) atoms. The van der Waals surface area contributed by atoms with Gasteiger partial charge in [-0.25, -0.2) is 0 Å². The Bertz CT molecular complexity index is 617. The van der Waals surface area contributed by atoms with Crippen LogP contribution in [0.25, 0.3) is 0 Å². The van der Waals surface area contributed by atoms with Gasteiger partial charge in [0.25, 0.3) is 0 Å². The Balaban J connectivity index is 2.14. The van der Waals surface area contributed by atoms with E-state index in [1.54, 1.807) is 11.8 Å².